The Kier molecular flexibility index (Phi) is 4.44. The maximum Gasteiger partial charge on any atom is 0.143 e. The van der Waals surface area contributed by atoms with Gasteiger partial charge >= 0.3 is 0 Å². The Bertz CT molecular complexity index is 1790. The van der Waals surface area contributed by atoms with E-state index in [-0.39, 0.29) is 5.41 Å². The van der Waals surface area contributed by atoms with Gasteiger partial charge in [0.2, 0.25) is 0 Å². The van der Waals surface area contributed by atoms with Crippen LogP contribution in [0.4, 0.5) is 0 Å². The van der Waals surface area contributed by atoms with Crippen LogP contribution >= 0.6 is 0 Å². The summed E-state index contributed by atoms with van der Waals surface area (Å²) in [6, 6.07) is 36.3. The molecule has 36 heavy (non-hydrogen) atoms. The molecule has 0 aliphatic carbocycles. The quantitative estimate of drug-likeness (QED) is 0.253. The van der Waals surface area contributed by atoms with Crippen LogP contribution in [-0.2, 0) is 5.41 Å². The van der Waals surface area contributed by atoms with Crippen LogP contribution in [-0.4, -0.2) is 0 Å². The maximum atomic E-state index is 6.40. The van der Waals surface area contributed by atoms with Gasteiger partial charge in [-0.15, -0.1) is 0 Å². The van der Waals surface area contributed by atoms with Crippen LogP contribution in [0, 0.1) is 0 Å². The van der Waals surface area contributed by atoms with Crippen LogP contribution in [0.5, 0.6) is 0 Å². The van der Waals surface area contributed by atoms with Crippen molar-refractivity contribution in [1.82, 2.24) is 0 Å². The molecule has 2 nitrogen and oxygen atoms in total. The van der Waals surface area contributed by atoms with Crippen molar-refractivity contribution >= 4 is 43.9 Å². The monoisotopic (exact) mass is 466 g/mol. The second kappa shape index (κ2) is 7.60. The molecule has 0 unspecified atom stereocenters. The van der Waals surface area contributed by atoms with Crippen LogP contribution in [0.15, 0.2) is 112 Å². The van der Waals surface area contributed by atoms with Crippen LogP contribution in [0.2, 0.25) is 0 Å². The van der Waals surface area contributed by atoms with Gasteiger partial charge in [-0.1, -0.05) is 106 Å². The summed E-state index contributed by atoms with van der Waals surface area (Å²) in [4.78, 5) is 0. The van der Waals surface area contributed by atoms with Crippen molar-refractivity contribution in [3.63, 3.8) is 0 Å². The summed E-state index contributed by atoms with van der Waals surface area (Å²) in [5.74, 6) is 0. The average Bonchev–Trinajstić information content (AvgIpc) is 3.46. The zero-order chi connectivity index (χ0) is 24.4. The Balaban J connectivity index is 1.52. The summed E-state index contributed by atoms with van der Waals surface area (Å²) in [5, 5.41) is 4.58. The summed E-state index contributed by atoms with van der Waals surface area (Å²) in [6.07, 6.45) is 0. The first-order chi connectivity index (χ1) is 17.5. The molecule has 0 bridgehead atoms. The van der Waals surface area contributed by atoms with Crippen LogP contribution in [0.1, 0.15) is 26.3 Å². The van der Waals surface area contributed by atoms with Crippen molar-refractivity contribution in [2.75, 3.05) is 0 Å². The summed E-state index contributed by atoms with van der Waals surface area (Å²) in [5.41, 5.74) is 9.45. The number of hydrogen-bond donors (Lipinski definition) is 0. The molecule has 2 heterocycles. The van der Waals surface area contributed by atoms with E-state index in [4.69, 9.17) is 8.83 Å². The van der Waals surface area contributed by atoms with Crippen LogP contribution < -0.4 is 0 Å². The van der Waals surface area contributed by atoms with Gasteiger partial charge in [-0.3, -0.25) is 0 Å². The molecule has 0 saturated carbocycles. The summed E-state index contributed by atoms with van der Waals surface area (Å²) in [7, 11) is 0. The lowest BCUT2D eigenvalue weighted by Crippen LogP contribution is -2.11. The number of benzene rings is 5. The largest absolute Gasteiger partial charge is 0.455 e. The summed E-state index contributed by atoms with van der Waals surface area (Å²) in [6.45, 7) is 6.79. The minimum atomic E-state index is -0.0195. The van der Waals surface area contributed by atoms with Gasteiger partial charge in [0.05, 0.1) is 0 Å². The highest BCUT2D eigenvalue weighted by atomic mass is 16.3. The standard InChI is InChI=1S/C34H26O2/c1-34(2,3)23-19-21(24-12-8-14-28-26-10-4-6-16-30(26)35-32(24)28)18-22(20-23)25-13-9-15-29-27-11-5-7-17-31(27)36-33(25)29/h4-20H,1-3H3. The number of fused-ring (bicyclic) bond motifs is 6. The van der Waals surface area contributed by atoms with Gasteiger partial charge in [-0.25, -0.2) is 0 Å². The highest BCUT2D eigenvalue weighted by Crippen LogP contribution is 2.41. The topological polar surface area (TPSA) is 26.3 Å². The fourth-order valence-corrected chi connectivity index (χ4v) is 5.32. The van der Waals surface area contributed by atoms with E-state index in [0.717, 1.165) is 66.1 Å². The molecule has 174 valence electrons. The third kappa shape index (κ3) is 3.18. The first-order valence-electron chi connectivity index (χ1n) is 12.4. The fourth-order valence-electron chi connectivity index (χ4n) is 5.32. The Morgan fingerprint density at radius 1 is 0.472 bits per heavy atom. The normalized spacial score (nSPS) is 12.3. The fraction of sp³-hybridized carbons (Fsp3) is 0.118. The minimum absolute atomic E-state index is 0.0195. The minimum Gasteiger partial charge on any atom is -0.455 e. The van der Waals surface area contributed by atoms with Crippen molar-refractivity contribution < 1.29 is 8.83 Å². The van der Waals surface area contributed by atoms with E-state index in [9.17, 15) is 0 Å². The molecule has 7 aromatic rings. The van der Waals surface area contributed by atoms with Crippen molar-refractivity contribution in [2.24, 2.45) is 0 Å². The van der Waals surface area contributed by atoms with Gasteiger partial charge in [0.25, 0.3) is 0 Å². The summed E-state index contributed by atoms with van der Waals surface area (Å²) >= 11 is 0. The van der Waals surface area contributed by atoms with Gasteiger partial charge < -0.3 is 8.83 Å². The Hall–Kier alpha value is -4.30. The molecular formula is C34H26O2. The van der Waals surface area contributed by atoms with Crippen LogP contribution in [0.3, 0.4) is 0 Å². The highest BCUT2D eigenvalue weighted by Gasteiger charge is 2.20. The maximum absolute atomic E-state index is 6.40. The third-order valence-corrected chi connectivity index (χ3v) is 7.23. The highest BCUT2D eigenvalue weighted by molar-refractivity contribution is 6.11. The first-order valence-corrected chi connectivity index (χ1v) is 12.4. The Morgan fingerprint density at radius 2 is 0.917 bits per heavy atom. The lowest BCUT2D eigenvalue weighted by Gasteiger charge is -2.22. The first kappa shape index (κ1) is 21.0. The second-order valence-electron chi connectivity index (χ2n) is 10.6. The zero-order valence-electron chi connectivity index (χ0n) is 20.6. The molecule has 0 amide bonds. The van der Waals surface area contributed by atoms with Gasteiger partial charge in [0.1, 0.15) is 22.3 Å². The van der Waals surface area contributed by atoms with Crippen molar-refractivity contribution in [1.29, 1.82) is 0 Å². The molecule has 0 spiro atoms. The number of rotatable bonds is 2. The van der Waals surface area contributed by atoms with Crippen molar-refractivity contribution in [2.45, 2.75) is 26.2 Å². The van der Waals surface area contributed by atoms with Gasteiger partial charge in [0.15, 0.2) is 0 Å². The van der Waals surface area contributed by atoms with Crippen LogP contribution in [0.25, 0.3) is 66.1 Å². The van der Waals surface area contributed by atoms with Crippen molar-refractivity contribution in [3.8, 4) is 22.3 Å². The Labute approximate surface area is 209 Å². The summed E-state index contributed by atoms with van der Waals surface area (Å²) < 4.78 is 12.8. The lowest BCUT2D eigenvalue weighted by molar-refractivity contribution is 0.590. The Morgan fingerprint density at radius 3 is 1.39 bits per heavy atom. The molecule has 0 aliphatic rings. The van der Waals surface area contributed by atoms with E-state index >= 15 is 0 Å². The molecule has 5 aromatic carbocycles. The van der Waals surface area contributed by atoms with E-state index < -0.39 is 0 Å². The second-order valence-corrected chi connectivity index (χ2v) is 10.6. The molecule has 0 aliphatic heterocycles. The molecule has 0 saturated heterocycles. The smallest absolute Gasteiger partial charge is 0.143 e. The predicted molar refractivity (Wildman–Crippen MR) is 151 cm³/mol. The number of para-hydroxylation sites is 4. The third-order valence-electron chi connectivity index (χ3n) is 7.23. The van der Waals surface area contributed by atoms with E-state index in [0.29, 0.717) is 0 Å². The molecule has 2 aromatic heterocycles. The molecule has 0 radical (unpaired) electrons. The van der Waals surface area contributed by atoms with E-state index in [1.54, 1.807) is 0 Å². The zero-order valence-corrected chi connectivity index (χ0v) is 20.6. The van der Waals surface area contributed by atoms with E-state index in [1.165, 1.54) is 5.56 Å². The van der Waals surface area contributed by atoms with Gasteiger partial charge in [-0.05, 0) is 40.3 Å². The van der Waals surface area contributed by atoms with Gasteiger partial charge in [0, 0.05) is 32.7 Å². The molecule has 0 N–H and O–H groups in total. The van der Waals surface area contributed by atoms with Crippen molar-refractivity contribution in [3.05, 3.63) is 109 Å². The molecule has 2 heteroatoms. The molecule has 0 fully saturated rings. The molecule has 7 rings (SSSR count). The van der Waals surface area contributed by atoms with E-state index in [2.05, 4.69) is 99.6 Å². The number of hydrogen-bond acceptors (Lipinski definition) is 2. The lowest BCUT2D eigenvalue weighted by atomic mass is 9.83. The SMILES string of the molecule is CC(C)(C)c1cc(-c2cccc3c2oc2ccccc23)cc(-c2cccc3c2oc2ccccc23)c1. The molecular weight excluding hydrogens is 440 g/mol. The predicted octanol–water partition coefficient (Wildman–Crippen LogP) is 10.1. The number of furan rings is 2. The molecule has 0 atom stereocenters. The van der Waals surface area contributed by atoms with Gasteiger partial charge in [-0.2, -0.15) is 0 Å². The van der Waals surface area contributed by atoms with E-state index in [1.807, 2.05) is 24.3 Å². The average molecular weight is 467 g/mol.